The molecule has 0 aliphatic carbocycles. The van der Waals surface area contributed by atoms with Crippen LogP contribution < -0.4 is 10.9 Å². The Morgan fingerprint density at radius 2 is 2.00 bits per heavy atom. The quantitative estimate of drug-likeness (QED) is 0.748. The molecular weight excluding hydrogens is 320 g/mol. The molecule has 5 heteroatoms. The number of H-pyrrole nitrogens is 1. The number of hydrogen-bond donors (Lipinski definition) is 2. The van der Waals surface area contributed by atoms with Crippen LogP contribution in [-0.4, -0.2) is 10.9 Å². The van der Waals surface area contributed by atoms with Gasteiger partial charge in [0.05, 0.1) is 6.04 Å². The number of thiophene rings is 1. The summed E-state index contributed by atoms with van der Waals surface area (Å²) in [5.74, 6) is -0.241. The molecule has 0 saturated heterocycles. The molecule has 0 fully saturated rings. The summed E-state index contributed by atoms with van der Waals surface area (Å²) in [4.78, 5) is 27.6. The molecule has 2 aromatic heterocycles. The monoisotopic (exact) mass is 338 g/mol. The average Bonchev–Trinajstić information content (AvgIpc) is 3.01. The summed E-state index contributed by atoms with van der Waals surface area (Å²) in [6, 6.07) is 14.9. The van der Waals surface area contributed by atoms with Crippen molar-refractivity contribution in [1.29, 1.82) is 0 Å². The van der Waals surface area contributed by atoms with Crippen LogP contribution in [0.3, 0.4) is 0 Å². The fraction of sp³-hybridized carbons (Fsp3) is 0.158. The molecule has 0 aliphatic rings. The van der Waals surface area contributed by atoms with Gasteiger partial charge in [-0.1, -0.05) is 30.3 Å². The number of carbonyl (C=O) groups excluding carboxylic acids is 1. The first-order valence-electron chi connectivity index (χ1n) is 7.71. The van der Waals surface area contributed by atoms with E-state index in [1.807, 2.05) is 30.5 Å². The third-order valence-corrected chi connectivity index (χ3v) is 4.98. The predicted molar refractivity (Wildman–Crippen MR) is 96.5 cm³/mol. The third-order valence-electron chi connectivity index (χ3n) is 3.84. The molecule has 1 atom stereocenters. The van der Waals surface area contributed by atoms with E-state index in [9.17, 15) is 9.59 Å². The summed E-state index contributed by atoms with van der Waals surface area (Å²) in [7, 11) is 0. The van der Waals surface area contributed by atoms with Crippen molar-refractivity contribution < 1.29 is 4.79 Å². The Kier molecular flexibility index (Phi) is 4.91. The summed E-state index contributed by atoms with van der Waals surface area (Å²) in [5.41, 5.74) is 2.40. The molecule has 24 heavy (non-hydrogen) atoms. The summed E-state index contributed by atoms with van der Waals surface area (Å²) < 4.78 is 0. The second-order valence-electron chi connectivity index (χ2n) is 5.63. The van der Waals surface area contributed by atoms with E-state index in [4.69, 9.17) is 0 Å². The number of carbonyl (C=O) groups is 1. The number of nitrogens with one attached hydrogen (secondary N) is 2. The number of aromatic amines is 1. The van der Waals surface area contributed by atoms with Gasteiger partial charge in [0.15, 0.2) is 0 Å². The molecule has 0 bridgehead atoms. The number of aryl methyl sites for hydroxylation is 1. The predicted octanol–water partition coefficient (Wildman–Crippen LogP) is 3.46. The smallest absolute Gasteiger partial charge is 0.252 e. The Labute approximate surface area is 144 Å². The zero-order valence-corrected chi connectivity index (χ0v) is 14.1. The van der Waals surface area contributed by atoms with Gasteiger partial charge in [-0.15, -0.1) is 11.3 Å². The molecule has 1 aromatic carbocycles. The van der Waals surface area contributed by atoms with E-state index < -0.39 is 0 Å². The van der Waals surface area contributed by atoms with Crippen molar-refractivity contribution in [2.45, 2.75) is 19.4 Å². The van der Waals surface area contributed by atoms with Crippen LogP contribution in [0.4, 0.5) is 0 Å². The highest BCUT2D eigenvalue weighted by atomic mass is 32.1. The minimum absolute atomic E-state index is 0.126. The fourth-order valence-electron chi connectivity index (χ4n) is 2.63. The molecule has 0 aliphatic heterocycles. The largest absolute Gasteiger partial charge is 0.344 e. The van der Waals surface area contributed by atoms with Crippen LogP contribution in [0.15, 0.2) is 64.9 Å². The van der Waals surface area contributed by atoms with E-state index >= 15 is 0 Å². The maximum Gasteiger partial charge on any atom is 0.252 e. The fourth-order valence-corrected chi connectivity index (χ4v) is 3.61. The van der Waals surface area contributed by atoms with Crippen molar-refractivity contribution in [3.8, 4) is 0 Å². The Hall–Kier alpha value is -2.66. The molecule has 1 amide bonds. The van der Waals surface area contributed by atoms with Gasteiger partial charge in [0.25, 0.3) is 5.91 Å². The molecule has 3 aromatic rings. The lowest BCUT2D eigenvalue weighted by Crippen LogP contribution is -2.30. The lowest BCUT2D eigenvalue weighted by Gasteiger charge is -2.19. The van der Waals surface area contributed by atoms with Gasteiger partial charge >= 0.3 is 0 Å². The van der Waals surface area contributed by atoms with E-state index in [-0.39, 0.29) is 17.5 Å². The van der Waals surface area contributed by atoms with Crippen LogP contribution in [-0.2, 0) is 6.42 Å². The van der Waals surface area contributed by atoms with Gasteiger partial charge in [-0.2, -0.15) is 0 Å². The zero-order chi connectivity index (χ0) is 16.9. The van der Waals surface area contributed by atoms with E-state index in [0.29, 0.717) is 12.0 Å². The number of aromatic nitrogens is 1. The standard InChI is InChI=1S/C19H18N2O2S/c1-13-8-10-24-18(13)16(11-14-5-3-2-4-6-14)21-19(23)15-7-9-20-17(22)12-15/h2-10,12,16H,11H2,1H3,(H,20,22)(H,21,23)/t16-/m0/s1. The average molecular weight is 338 g/mol. The summed E-state index contributed by atoms with van der Waals surface area (Å²) in [6.07, 6.45) is 2.19. The minimum Gasteiger partial charge on any atom is -0.344 e. The zero-order valence-electron chi connectivity index (χ0n) is 13.3. The van der Waals surface area contributed by atoms with Crippen molar-refractivity contribution in [3.63, 3.8) is 0 Å². The van der Waals surface area contributed by atoms with E-state index in [0.717, 1.165) is 16.0 Å². The molecule has 4 nitrogen and oxygen atoms in total. The van der Waals surface area contributed by atoms with Crippen LogP contribution in [0, 0.1) is 6.92 Å². The van der Waals surface area contributed by atoms with Gasteiger partial charge in [0.2, 0.25) is 5.56 Å². The lowest BCUT2D eigenvalue weighted by molar-refractivity contribution is 0.0937. The van der Waals surface area contributed by atoms with Gasteiger partial charge in [-0.05, 0) is 42.0 Å². The first-order valence-corrected chi connectivity index (χ1v) is 8.59. The SMILES string of the molecule is Cc1ccsc1[C@H](Cc1ccccc1)NC(=O)c1cc[nH]c(=O)c1. The minimum atomic E-state index is -0.283. The normalized spacial score (nSPS) is 11.9. The summed E-state index contributed by atoms with van der Waals surface area (Å²) >= 11 is 1.63. The van der Waals surface area contributed by atoms with E-state index in [2.05, 4.69) is 28.5 Å². The molecule has 2 heterocycles. The second-order valence-corrected chi connectivity index (χ2v) is 6.57. The molecule has 0 unspecified atom stereocenters. The Morgan fingerprint density at radius 1 is 1.21 bits per heavy atom. The van der Waals surface area contributed by atoms with Gasteiger partial charge in [-0.3, -0.25) is 9.59 Å². The molecule has 3 rings (SSSR count). The number of rotatable bonds is 5. The van der Waals surface area contributed by atoms with Crippen molar-refractivity contribution in [1.82, 2.24) is 10.3 Å². The number of amides is 1. The topological polar surface area (TPSA) is 62.0 Å². The number of hydrogen-bond acceptors (Lipinski definition) is 3. The maximum absolute atomic E-state index is 12.5. The molecule has 0 spiro atoms. The van der Waals surface area contributed by atoms with Gasteiger partial charge in [0.1, 0.15) is 0 Å². The van der Waals surface area contributed by atoms with Crippen molar-refractivity contribution in [2.75, 3.05) is 0 Å². The first kappa shape index (κ1) is 16.2. The van der Waals surface area contributed by atoms with Gasteiger partial charge in [-0.25, -0.2) is 0 Å². The highest BCUT2D eigenvalue weighted by Gasteiger charge is 2.19. The maximum atomic E-state index is 12.5. The second kappa shape index (κ2) is 7.27. The third kappa shape index (κ3) is 3.81. The van der Waals surface area contributed by atoms with Crippen LogP contribution >= 0.6 is 11.3 Å². The lowest BCUT2D eigenvalue weighted by atomic mass is 10.0. The first-order chi connectivity index (χ1) is 11.6. The van der Waals surface area contributed by atoms with Crippen LogP contribution in [0.25, 0.3) is 0 Å². The Balaban J connectivity index is 1.86. The van der Waals surface area contributed by atoms with Crippen LogP contribution in [0.5, 0.6) is 0 Å². The number of pyridine rings is 1. The van der Waals surface area contributed by atoms with Crippen molar-refractivity contribution in [2.24, 2.45) is 0 Å². The highest BCUT2D eigenvalue weighted by Crippen LogP contribution is 2.27. The van der Waals surface area contributed by atoms with Gasteiger partial charge in [0, 0.05) is 22.7 Å². The Bertz CT molecular complexity index is 883. The van der Waals surface area contributed by atoms with Crippen molar-refractivity contribution >= 4 is 17.2 Å². The van der Waals surface area contributed by atoms with Gasteiger partial charge < -0.3 is 10.3 Å². The van der Waals surface area contributed by atoms with Crippen molar-refractivity contribution in [3.05, 3.63) is 92.0 Å². The molecule has 0 radical (unpaired) electrons. The van der Waals surface area contributed by atoms with E-state index in [1.165, 1.54) is 12.3 Å². The van der Waals surface area contributed by atoms with Crippen LogP contribution in [0.2, 0.25) is 0 Å². The highest BCUT2D eigenvalue weighted by molar-refractivity contribution is 7.10. The Morgan fingerprint density at radius 3 is 2.67 bits per heavy atom. The summed E-state index contributed by atoms with van der Waals surface area (Å²) in [6.45, 7) is 2.04. The molecular formula is C19H18N2O2S. The molecule has 0 saturated carbocycles. The van der Waals surface area contributed by atoms with Crippen LogP contribution in [0.1, 0.15) is 32.4 Å². The number of benzene rings is 1. The molecule has 2 N–H and O–H groups in total. The summed E-state index contributed by atoms with van der Waals surface area (Å²) in [5, 5.41) is 5.10. The molecule has 122 valence electrons. The van der Waals surface area contributed by atoms with E-state index in [1.54, 1.807) is 17.4 Å².